The zero-order valence-corrected chi connectivity index (χ0v) is 27.8. The van der Waals surface area contributed by atoms with E-state index < -0.39 is 17.6 Å². The van der Waals surface area contributed by atoms with E-state index in [1.165, 1.54) is 0 Å². The van der Waals surface area contributed by atoms with E-state index in [4.69, 9.17) is 0 Å². The third-order valence-electron chi connectivity index (χ3n) is 9.46. The molecule has 1 unspecified atom stereocenters. The number of quaternary nitrogens is 1. The highest BCUT2D eigenvalue weighted by atomic mass is 16.4. The Balaban J connectivity index is 1.39. The minimum Gasteiger partial charge on any atom is -0.478 e. The van der Waals surface area contributed by atoms with Crippen LogP contribution in [0.15, 0.2) is 24.8 Å². The summed E-state index contributed by atoms with van der Waals surface area (Å²) in [5, 5.41) is 22.0. The lowest BCUT2D eigenvalue weighted by Crippen LogP contribution is -2.56. The van der Waals surface area contributed by atoms with Crippen molar-refractivity contribution < 1.29 is 43.0 Å². The topological polar surface area (TPSA) is 142 Å². The summed E-state index contributed by atoms with van der Waals surface area (Å²) in [5.41, 5.74) is -0.585. The molecule has 0 spiro atoms. The summed E-state index contributed by atoms with van der Waals surface area (Å²) in [7, 11) is 2.12. The van der Waals surface area contributed by atoms with Gasteiger partial charge in [-0.15, -0.1) is 0 Å². The van der Waals surface area contributed by atoms with E-state index in [0.717, 1.165) is 50.4 Å². The van der Waals surface area contributed by atoms with Crippen LogP contribution in [0.3, 0.4) is 0 Å². The molecule has 0 saturated carbocycles. The molecule has 2 aliphatic rings. The summed E-state index contributed by atoms with van der Waals surface area (Å²) in [4.78, 5) is 50.7. The van der Waals surface area contributed by atoms with E-state index >= 15 is 0 Å². The van der Waals surface area contributed by atoms with Crippen LogP contribution >= 0.6 is 0 Å². The first-order valence-corrected chi connectivity index (χ1v) is 16.1. The molecule has 0 aromatic carbocycles. The molecule has 1 atom stereocenters. The zero-order chi connectivity index (χ0) is 33.2. The van der Waals surface area contributed by atoms with Gasteiger partial charge >= 0.3 is 23.6 Å². The Morgan fingerprint density at radius 3 is 2.02 bits per heavy atom. The highest BCUT2D eigenvalue weighted by molar-refractivity contribution is 5.85. The number of nitrogens with zero attached hydrogens (tertiary/aromatic N) is 6. The van der Waals surface area contributed by atoms with E-state index in [9.17, 15) is 29.4 Å². The van der Waals surface area contributed by atoms with E-state index in [-0.39, 0.29) is 42.9 Å². The van der Waals surface area contributed by atoms with Crippen LogP contribution in [-0.2, 0) is 51.0 Å². The Bertz CT molecular complexity index is 1350. The van der Waals surface area contributed by atoms with E-state index in [0.29, 0.717) is 30.4 Å². The fourth-order valence-electron chi connectivity index (χ4n) is 7.12. The molecule has 2 aliphatic heterocycles. The molecule has 2 aromatic heterocycles. The number of unbranched alkanes of at least 4 members (excludes halogenated alkanes) is 2. The third kappa shape index (κ3) is 7.92. The number of aromatic nitrogens is 4. The van der Waals surface area contributed by atoms with Crippen molar-refractivity contribution in [1.82, 2.24) is 19.4 Å². The maximum atomic E-state index is 12.8. The van der Waals surface area contributed by atoms with Crippen molar-refractivity contribution in [3.05, 3.63) is 36.4 Å². The predicted molar refractivity (Wildman–Crippen MR) is 163 cm³/mol. The van der Waals surface area contributed by atoms with Crippen molar-refractivity contribution in [2.75, 3.05) is 26.7 Å². The van der Waals surface area contributed by atoms with Gasteiger partial charge in [0.05, 0.1) is 20.1 Å². The maximum absolute atomic E-state index is 12.8. The van der Waals surface area contributed by atoms with Crippen LogP contribution in [0.4, 0.5) is 0 Å². The summed E-state index contributed by atoms with van der Waals surface area (Å²) in [6.45, 7) is 12.9. The molecule has 4 heterocycles. The van der Waals surface area contributed by atoms with Gasteiger partial charge in [0.25, 0.3) is 0 Å². The normalized spacial score (nSPS) is 18.9. The van der Waals surface area contributed by atoms with Crippen LogP contribution in [-0.4, -0.2) is 85.2 Å². The first-order chi connectivity index (χ1) is 21.0. The van der Waals surface area contributed by atoms with Gasteiger partial charge in [-0.2, -0.15) is 9.13 Å². The number of rotatable bonds is 12. The number of carbonyl (C=O) groups excluding carboxylic acids is 2. The van der Waals surface area contributed by atoms with Crippen molar-refractivity contribution in [1.29, 1.82) is 0 Å². The molecular weight excluding hydrogens is 578 g/mol. The second-order valence-electron chi connectivity index (χ2n) is 14.6. The molecule has 0 bridgehead atoms. The lowest BCUT2D eigenvalue weighted by atomic mass is 9.85. The van der Waals surface area contributed by atoms with Crippen LogP contribution in [0.5, 0.6) is 0 Å². The molecule has 13 nitrogen and oxygen atoms in total. The average molecular weight is 631 g/mol. The highest BCUT2D eigenvalue weighted by Gasteiger charge is 2.47. The maximum Gasteiger partial charge on any atom is 0.346 e. The Labute approximate surface area is 265 Å². The van der Waals surface area contributed by atoms with Crippen LogP contribution in [0.1, 0.15) is 84.8 Å². The Hall–Kier alpha value is -3.74. The number of carbonyl (C=O) groups is 4. The molecule has 0 radical (unpaired) electrons. The zero-order valence-electron chi connectivity index (χ0n) is 27.8. The van der Waals surface area contributed by atoms with Crippen molar-refractivity contribution in [2.24, 2.45) is 5.41 Å². The van der Waals surface area contributed by atoms with Crippen LogP contribution < -0.4 is 14.5 Å². The van der Waals surface area contributed by atoms with Gasteiger partial charge in [0, 0.05) is 32.9 Å². The van der Waals surface area contributed by atoms with Crippen LogP contribution in [0.25, 0.3) is 0 Å². The number of likely N-dealkylation sites (tertiary alicyclic amines) is 1. The number of hydrogen-bond donors (Lipinski definition) is 3. The first kappa shape index (κ1) is 34.1. The molecule has 3 N–H and O–H groups in total. The van der Waals surface area contributed by atoms with Gasteiger partial charge in [0.15, 0.2) is 26.2 Å². The summed E-state index contributed by atoms with van der Waals surface area (Å²) < 4.78 is 8.25. The molecule has 45 heavy (non-hydrogen) atoms. The van der Waals surface area contributed by atoms with Gasteiger partial charge in [-0.25, -0.2) is 18.7 Å². The fraction of sp³-hybridized carbons (Fsp3) is 0.688. The Morgan fingerprint density at radius 1 is 0.956 bits per heavy atom. The van der Waals surface area contributed by atoms with E-state index in [1.807, 2.05) is 31.1 Å². The Morgan fingerprint density at radius 2 is 1.51 bits per heavy atom. The molecule has 13 heteroatoms. The second kappa shape index (κ2) is 13.3. The lowest BCUT2D eigenvalue weighted by Gasteiger charge is -2.35. The molecule has 2 aromatic rings. The molecule has 1 saturated heterocycles. The summed E-state index contributed by atoms with van der Waals surface area (Å²) in [6, 6.07) is 0.198. The molecule has 248 valence electrons. The second-order valence-corrected chi connectivity index (χ2v) is 14.6. The number of fused-ring (bicyclic) bond motifs is 2. The monoisotopic (exact) mass is 630 g/mol. The van der Waals surface area contributed by atoms with Crippen LogP contribution in [0.2, 0.25) is 0 Å². The first-order valence-electron chi connectivity index (χ1n) is 16.1. The number of aliphatic carboxylic acids is 2. The number of nitrogens with one attached hydrogen (secondary N) is 1. The van der Waals surface area contributed by atoms with E-state index in [2.05, 4.69) is 42.3 Å². The van der Waals surface area contributed by atoms with Gasteiger partial charge in [0.1, 0.15) is 24.8 Å². The van der Waals surface area contributed by atoms with Gasteiger partial charge < -0.3 is 24.9 Å². The number of carboxylic acids is 2. The number of amides is 2. The molecule has 2 amide bonds. The Kier molecular flexibility index (Phi) is 10.1. The van der Waals surface area contributed by atoms with Gasteiger partial charge in [0.2, 0.25) is 17.5 Å². The SMILES string of the molecule is CC(C)(C)C1CCCN1C(=O)CNC(=O)CCCCC[N+]1(C)Cc2n(cc[n+]2CC(=O)O)C(C)(C)n2cc[n+](CC(=O)O)c2C1. The highest BCUT2D eigenvalue weighted by Crippen LogP contribution is 2.32. The predicted octanol–water partition coefficient (Wildman–Crippen LogP) is 1.45. The van der Waals surface area contributed by atoms with Gasteiger partial charge in [-0.05, 0) is 37.5 Å². The van der Waals surface area contributed by atoms with Crippen LogP contribution in [0, 0.1) is 5.41 Å². The smallest absolute Gasteiger partial charge is 0.346 e. The summed E-state index contributed by atoms with van der Waals surface area (Å²) in [5.74, 6) is -0.219. The van der Waals surface area contributed by atoms with Gasteiger partial charge in [-0.1, -0.05) is 20.8 Å². The summed E-state index contributed by atoms with van der Waals surface area (Å²) in [6.07, 6.45) is 12.0. The van der Waals surface area contributed by atoms with Crippen molar-refractivity contribution in [3.63, 3.8) is 0 Å². The van der Waals surface area contributed by atoms with Crippen molar-refractivity contribution >= 4 is 23.8 Å². The minimum absolute atomic E-state index is 0.0111. The lowest BCUT2D eigenvalue weighted by molar-refractivity contribution is -0.952. The van der Waals surface area contributed by atoms with E-state index in [1.54, 1.807) is 21.5 Å². The minimum atomic E-state index is -0.918. The molecule has 4 rings (SSSR count). The van der Waals surface area contributed by atoms with Gasteiger partial charge in [-0.3, -0.25) is 9.59 Å². The van der Waals surface area contributed by atoms with Crippen molar-refractivity contribution in [3.8, 4) is 0 Å². The summed E-state index contributed by atoms with van der Waals surface area (Å²) >= 11 is 0. The molecule has 1 fully saturated rings. The standard InChI is InChI=1S/C32H49N7O6/c1-31(2,3)24-11-10-13-36(24)28(41)19-33-25(40)12-8-7-9-18-39(6)22-26-34(20-29(42)43)14-16-37(26)32(4,5)38-17-15-35(21-30(44)45)27(38)23-39/h14-17,24H,7-13,18-23H2,1-6H3/p+3. The average Bonchev–Trinajstić information content (AvgIpc) is 3.66. The number of hydrogen-bond acceptors (Lipinski definition) is 4. The number of imidazole rings is 2. The largest absolute Gasteiger partial charge is 0.478 e. The number of carboxylic acid groups (broad SMARTS) is 2. The fourth-order valence-corrected chi connectivity index (χ4v) is 7.12. The third-order valence-corrected chi connectivity index (χ3v) is 9.46. The van der Waals surface area contributed by atoms with Crippen molar-refractivity contribution in [2.45, 2.75) is 111 Å². The molecule has 0 aliphatic carbocycles. The quantitative estimate of drug-likeness (QED) is 0.184. The molecular formula is C32H52N7O6+3.